The van der Waals surface area contributed by atoms with Crippen LogP contribution in [0.5, 0.6) is 0 Å². The number of amides is 1. The Balaban J connectivity index is 1.83. The largest absolute Gasteiger partial charge is 0.347 e. The molecule has 1 aromatic carbocycles. The van der Waals surface area contributed by atoms with E-state index >= 15 is 0 Å². The molecule has 0 radical (unpaired) electrons. The molecule has 1 fully saturated rings. The number of rotatable bonds is 5. The van der Waals surface area contributed by atoms with Gasteiger partial charge in [0.15, 0.2) is 0 Å². The number of nitrogens with zero attached hydrogens (tertiary/aromatic N) is 5. The summed E-state index contributed by atoms with van der Waals surface area (Å²) in [5, 5.41) is 0. The maximum Gasteiger partial charge on any atom is 0.256 e. The third-order valence-corrected chi connectivity index (χ3v) is 4.75. The second kappa shape index (κ2) is 7.83. The molecular formula is C20H27N5O. The molecule has 0 N–H and O–H groups in total. The van der Waals surface area contributed by atoms with Crippen molar-refractivity contribution in [3.8, 4) is 0 Å². The van der Waals surface area contributed by atoms with Gasteiger partial charge in [0.25, 0.3) is 5.91 Å². The molecule has 6 heteroatoms. The number of benzene rings is 1. The van der Waals surface area contributed by atoms with Crippen LogP contribution < -0.4 is 4.90 Å². The zero-order chi connectivity index (χ0) is 18.7. The summed E-state index contributed by atoms with van der Waals surface area (Å²) in [6, 6.07) is 10.5. The molecule has 1 saturated heterocycles. The van der Waals surface area contributed by atoms with Gasteiger partial charge in [0, 0.05) is 53.4 Å². The van der Waals surface area contributed by atoms with E-state index in [0.717, 1.165) is 31.7 Å². The highest BCUT2D eigenvalue weighted by Crippen LogP contribution is 2.30. The number of aromatic nitrogens is 2. The smallest absolute Gasteiger partial charge is 0.256 e. The lowest BCUT2D eigenvalue weighted by Gasteiger charge is -2.20. The molecule has 0 aliphatic carbocycles. The highest BCUT2D eigenvalue weighted by molar-refractivity contribution is 5.95. The topological polar surface area (TPSA) is 52.6 Å². The van der Waals surface area contributed by atoms with Crippen molar-refractivity contribution in [2.24, 2.45) is 0 Å². The summed E-state index contributed by atoms with van der Waals surface area (Å²) in [6.07, 6.45) is 2.68. The van der Waals surface area contributed by atoms with E-state index in [2.05, 4.69) is 34.1 Å². The Labute approximate surface area is 155 Å². The average molecular weight is 353 g/mol. The van der Waals surface area contributed by atoms with Gasteiger partial charge in [-0.1, -0.05) is 30.3 Å². The Kier molecular flexibility index (Phi) is 5.52. The molecule has 2 aromatic rings. The molecule has 0 bridgehead atoms. The third kappa shape index (κ3) is 4.02. The van der Waals surface area contributed by atoms with Crippen LogP contribution in [0.1, 0.15) is 34.0 Å². The number of carbonyl (C=O) groups excluding carboxylic acids is 1. The van der Waals surface area contributed by atoms with Gasteiger partial charge in [-0.2, -0.15) is 0 Å². The van der Waals surface area contributed by atoms with Gasteiger partial charge >= 0.3 is 0 Å². The molecule has 1 atom stereocenters. The second-order valence-corrected chi connectivity index (χ2v) is 7.27. The Morgan fingerprint density at radius 3 is 2.58 bits per heavy atom. The maximum absolute atomic E-state index is 12.6. The van der Waals surface area contributed by atoms with Crippen molar-refractivity contribution in [2.75, 3.05) is 46.2 Å². The molecule has 1 aromatic heterocycles. The first-order valence-corrected chi connectivity index (χ1v) is 8.98. The quantitative estimate of drug-likeness (QED) is 0.825. The van der Waals surface area contributed by atoms with Crippen LogP contribution in [0.2, 0.25) is 0 Å². The van der Waals surface area contributed by atoms with E-state index in [4.69, 9.17) is 4.98 Å². The molecule has 0 spiro atoms. The molecule has 3 rings (SSSR count). The van der Waals surface area contributed by atoms with E-state index in [1.165, 1.54) is 5.56 Å². The first kappa shape index (κ1) is 18.3. The summed E-state index contributed by atoms with van der Waals surface area (Å²) in [6.45, 7) is 2.85. The Morgan fingerprint density at radius 1 is 1.19 bits per heavy atom. The fourth-order valence-corrected chi connectivity index (χ4v) is 3.36. The lowest BCUT2D eigenvalue weighted by Crippen LogP contribution is -2.26. The van der Waals surface area contributed by atoms with Gasteiger partial charge in [-0.15, -0.1) is 0 Å². The lowest BCUT2D eigenvalue weighted by molar-refractivity contribution is 0.0825. The molecule has 2 heterocycles. The Morgan fingerprint density at radius 2 is 1.92 bits per heavy atom. The molecule has 1 aliphatic heterocycles. The SMILES string of the molecule is CN(C)C(=O)c1cnc(N(C)C)nc1[C@H]1CCN(Cc2ccccc2)C1. The molecule has 26 heavy (non-hydrogen) atoms. The molecule has 1 amide bonds. The minimum Gasteiger partial charge on any atom is -0.347 e. The summed E-state index contributed by atoms with van der Waals surface area (Å²) in [5.41, 5.74) is 2.81. The van der Waals surface area contributed by atoms with Crippen molar-refractivity contribution >= 4 is 11.9 Å². The monoisotopic (exact) mass is 353 g/mol. The van der Waals surface area contributed by atoms with Crippen LogP contribution in [-0.4, -0.2) is 67.0 Å². The number of carbonyl (C=O) groups is 1. The standard InChI is InChI=1S/C20H27N5O/c1-23(2)19(26)17-12-21-20(24(3)4)22-18(17)16-10-11-25(14-16)13-15-8-6-5-7-9-15/h5-9,12,16H,10-11,13-14H2,1-4H3/t16-/m0/s1. The first-order valence-electron chi connectivity index (χ1n) is 8.98. The molecule has 0 unspecified atom stereocenters. The van der Waals surface area contributed by atoms with Gasteiger partial charge in [-0.25, -0.2) is 9.97 Å². The summed E-state index contributed by atoms with van der Waals surface area (Å²) in [5.74, 6) is 0.864. The van der Waals surface area contributed by atoms with Crippen LogP contribution in [0, 0.1) is 0 Å². The van der Waals surface area contributed by atoms with Crippen molar-refractivity contribution in [3.05, 3.63) is 53.3 Å². The summed E-state index contributed by atoms with van der Waals surface area (Å²) in [7, 11) is 7.37. The average Bonchev–Trinajstić information content (AvgIpc) is 3.09. The Bertz CT molecular complexity index is 760. The molecular weight excluding hydrogens is 326 g/mol. The van der Waals surface area contributed by atoms with Crippen molar-refractivity contribution in [2.45, 2.75) is 18.9 Å². The predicted molar refractivity (Wildman–Crippen MR) is 103 cm³/mol. The van der Waals surface area contributed by atoms with Gasteiger partial charge in [0.05, 0.1) is 11.3 Å². The zero-order valence-corrected chi connectivity index (χ0v) is 16.0. The second-order valence-electron chi connectivity index (χ2n) is 7.27. The molecule has 6 nitrogen and oxygen atoms in total. The minimum absolute atomic E-state index is 0.0354. The predicted octanol–water partition coefficient (Wildman–Crippen LogP) is 2.23. The van der Waals surface area contributed by atoms with Crippen LogP contribution >= 0.6 is 0 Å². The van der Waals surface area contributed by atoms with Crippen molar-refractivity contribution in [3.63, 3.8) is 0 Å². The van der Waals surface area contributed by atoms with E-state index in [0.29, 0.717) is 11.5 Å². The number of hydrogen-bond donors (Lipinski definition) is 0. The van der Waals surface area contributed by atoms with Crippen LogP contribution in [0.15, 0.2) is 36.5 Å². The lowest BCUT2D eigenvalue weighted by atomic mass is 9.99. The Hall–Kier alpha value is -2.47. The van der Waals surface area contributed by atoms with Crippen LogP contribution in [0.3, 0.4) is 0 Å². The van der Waals surface area contributed by atoms with Gasteiger partial charge in [0.2, 0.25) is 5.95 Å². The number of hydrogen-bond acceptors (Lipinski definition) is 5. The number of likely N-dealkylation sites (tertiary alicyclic amines) is 1. The highest BCUT2D eigenvalue weighted by atomic mass is 16.2. The summed E-state index contributed by atoms with van der Waals surface area (Å²) in [4.78, 5) is 27.6. The van der Waals surface area contributed by atoms with E-state index in [1.54, 1.807) is 25.2 Å². The van der Waals surface area contributed by atoms with Crippen LogP contribution in [0.25, 0.3) is 0 Å². The summed E-state index contributed by atoms with van der Waals surface area (Å²) >= 11 is 0. The normalized spacial score (nSPS) is 17.3. The van der Waals surface area contributed by atoms with Crippen molar-refractivity contribution in [1.29, 1.82) is 0 Å². The van der Waals surface area contributed by atoms with Crippen LogP contribution in [-0.2, 0) is 6.54 Å². The molecule has 0 saturated carbocycles. The van der Waals surface area contributed by atoms with Crippen LogP contribution in [0.4, 0.5) is 5.95 Å². The van der Waals surface area contributed by atoms with E-state index in [9.17, 15) is 4.79 Å². The minimum atomic E-state index is -0.0354. The maximum atomic E-state index is 12.6. The molecule has 1 aliphatic rings. The first-order chi connectivity index (χ1) is 12.5. The fraction of sp³-hybridized carbons (Fsp3) is 0.450. The van der Waals surface area contributed by atoms with E-state index in [1.807, 2.05) is 25.1 Å². The fourth-order valence-electron chi connectivity index (χ4n) is 3.36. The van der Waals surface area contributed by atoms with Crippen molar-refractivity contribution in [1.82, 2.24) is 19.8 Å². The zero-order valence-electron chi connectivity index (χ0n) is 16.0. The van der Waals surface area contributed by atoms with Gasteiger partial charge in [-0.05, 0) is 18.5 Å². The third-order valence-electron chi connectivity index (χ3n) is 4.75. The number of anilines is 1. The summed E-state index contributed by atoms with van der Waals surface area (Å²) < 4.78 is 0. The molecule has 138 valence electrons. The van der Waals surface area contributed by atoms with Gasteiger partial charge in [-0.3, -0.25) is 9.69 Å². The van der Waals surface area contributed by atoms with Gasteiger partial charge in [0.1, 0.15) is 0 Å². The van der Waals surface area contributed by atoms with Gasteiger partial charge < -0.3 is 9.80 Å². The highest BCUT2D eigenvalue weighted by Gasteiger charge is 2.30. The van der Waals surface area contributed by atoms with Crippen molar-refractivity contribution < 1.29 is 4.79 Å². The van der Waals surface area contributed by atoms with E-state index < -0.39 is 0 Å². The van der Waals surface area contributed by atoms with E-state index in [-0.39, 0.29) is 11.8 Å².